The Labute approximate surface area is 237 Å². The van der Waals surface area contributed by atoms with Crippen LogP contribution in [0.1, 0.15) is 45.9 Å². The number of hydrogen-bond acceptors (Lipinski definition) is 12. The zero-order chi connectivity index (χ0) is 30.0. The molecule has 0 radical (unpaired) electrons. The molecule has 42 heavy (non-hydrogen) atoms. The van der Waals surface area contributed by atoms with Gasteiger partial charge in [0.25, 0.3) is 0 Å². The van der Waals surface area contributed by atoms with E-state index in [2.05, 4.69) is 0 Å². The molecule has 2 heterocycles. The van der Waals surface area contributed by atoms with Gasteiger partial charge in [-0.15, -0.1) is 0 Å². The number of phenolic OH excluding ortho intramolecular Hbond substituents is 8. The molecule has 10 N–H and O–H groups in total. The Morgan fingerprint density at radius 2 is 1.14 bits per heavy atom. The van der Waals surface area contributed by atoms with Crippen molar-refractivity contribution in [1.29, 1.82) is 0 Å². The van der Waals surface area contributed by atoms with Gasteiger partial charge in [-0.1, -0.05) is 12.1 Å². The fourth-order valence-corrected chi connectivity index (χ4v) is 5.71. The van der Waals surface area contributed by atoms with Crippen LogP contribution in [0.2, 0.25) is 0 Å². The Morgan fingerprint density at radius 1 is 0.548 bits per heavy atom. The van der Waals surface area contributed by atoms with E-state index in [0.717, 1.165) is 12.1 Å². The second-order valence-corrected chi connectivity index (χ2v) is 10.3. The number of aliphatic hydroxyl groups is 2. The van der Waals surface area contributed by atoms with E-state index in [4.69, 9.17) is 9.47 Å². The van der Waals surface area contributed by atoms with E-state index in [1.807, 2.05) is 0 Å². The maximum atomic E-state index is 11.8. The molecule has 1 unspecified atom stereocenters. The first kappa shape index (κ1) is 27.0. The van der Waals surface area contributed by atoms with Gasteiger partial charge in [0.15, 0.2) is 29.1 Å². The second-order valence-electron chi connectivity index (χ2n) is 10.3. The summed E-state index contributed by atoms with van der Waals surface area (Å²) in [5, 5.41) is 105. The fourth-order valence-electron chi connectivity index (χ4n) is 5.71. The minimum absolute atomic E-state index is 0.0312. The van der Waals surface area contributed by atoms with Crippen molar-refractivity contribution < 1.29 is 60.5 Å². The van der Waals surface area contributed by atoms with Crippen molar-refractivity contribution in [1.82, 2.24) is 0 Å². The molecule has 2 aliphatic heterocycles. The molecule has 0 saturated heterocycles. The predicted octanol–water partition coefficient (Wildman–Crippen LogP) is 3.00. The first-order chi connectivity index (χ1) is 19.9. The molecule has 5 atom stereocenters. The van der Waals surface area contributed by atoms with Gasteiger partial charge < -0.3 is 60.5 Å². The highest BCUT2D eigenvalue weighted by Gasteiger charge is 2.46. The van der Waals surface area contributed by atoms with Crippen molar-refractivity contribution >= 4 is 0 Å². The van der Waals surface area contributed by atoms with Crippen molar-refractivity contribution in [3.63, 3.8) is 0 Å². The Hall–Kier alpha value is -5.20. The van der Waals surface area contributed by atoms with E-state index >= 15 is 0 Å². The summed E-state index contributed by atoms with van der Waals surface area (Å²) >= 11 is 0. The lowest BCUT2D eigenvalue weighted by Crippen LogP contribution is -2.36. The molecule has 4 aromatic carbocycles. The molecule has 6 rings (SSSR count). The van der Waals surface area contributed by atoms with Gasteiger partial charge in [-0.2, -0.15) is 0 Å². The summed E-state index contributed by atoms with van der Waals surface area (Å²) in [4.78, 5) is 0. The summed E-state index contributed by atoms with van der Waals surface area (Å²) in [6, 6.07) is 10.8. The van der Waals surface area contributed by atoms with Gasteiger partial charge in [0, 0.05) is 41.3 Å². The number of fused-ring (bicyclic) bond motifs is 2. The van der Waals surface area contributed by atoms with Crippen LogP contribution in [0.5, 0.6) is 57.5 Å². The number of benzene rings is 4. The Kier molecular flexibility index (Phi) is 6.24. The van der Waals surface area contributed by atoms with Gasteiger partial charge >= 0.3 is 0 Å². The maximum Gasteiger partial charge on any atom is 0.157 e. The molecule has 218 valence electrons. The third-order valence-electron chi connectivity index (χ3n) is 7.67. The first-order valence-electron chi connectivity index (χ1n) is 12.8. The van der Waals surface area contributed by atoms with Gasteiger partial charge in [0.1, 0.15) is 46.7 Å². The van der Waals surface area contributed by atoms with Crippen LogP contribution in [-0.4, -0.2) is 63.3 Å². The van der Waals surface area contributed by atoms with Crippen molar-refractivity contribution in [2.24, 2.45) is 0 Å². The number of aromatic hydroxyl groups is 8. The Balaban J connectivity index is 1.55. The molecule has 0 aromatic heterocycles. The van der Waals surface area contributed by atoms with Crippen molar-refractivity contribution in [2.75, 3.05) is 0 Å². The molecular weight excluding hydrogens is 552 g/mol. The monoisotopic (exact) mass is 578 g/mol. The minimum Gasteiger partial charge on any atom is -0.508 e. The van der Waals surface area contributed by atoms with Gasteiger partial charge in [-0.25, -0.2) is 0 Å². The fraction of sp³-hybridized carbons (Fsp3) is 0.200. The third kappa shape index (κ3) is 4.24. The number of hydrogen-bond donors (Lipinski definition) is 10. The Morgan fingerprint density at radius 3 is 1.76 bits per heavy atom. The van der Waals surface area contributed by atoms with E-state index < -0.39 is 70.6 Å². The molecule has 0 fully saturated rings. The highest BCUT2D eigenvalue weighted by atomic mass is 16.5. The van der Waals surface area contributed by atoms with Crippen LogP contribution >= 0.6 is 0 Å². The number of phenols is 8. The molecule has 0 bridgehead atoms. The lowest BCUT2D eigenvalue weighted by atomic mass is 9.77. The van der Waals surface area contributed by atoms with Crippen LogP contribution in [0.25, 0.3) is 0 Å². The first-order valence-corrected chi connectivity index (χ1v) is 12.8. The van der Waals surface area contributed by atoms with E-state index in [-0.39, 0.29) is 51.5 Å². The van der Waals surface area contributed by atoms with Crippen molar-refractivity contribution in [3.8, 4) is 57.5 Å². The molecular formula is C30H26O12. The smallest absolute Gasteiger partial charge is 0.157 e. The number of ether oxygens (including phenoxy) is 2. The van der Waals surface area contributed by atoms with Crippen LogP contribution in [0.15, 0.2) is 54.6 Å². The summed E-state index contributed by atoms with van der Waals surface area (Å²) in [5.74, 6) is -5.08. The summed E-state index contributed by atoms with van der Waals surface area (Å²) in [5.41, 5.74) is 0.435. The normalized spacial score (nSPS) is 22.9. The summed E-state index contributed by atoms with van der Waals surface area (Å²) < 4.78 is 12.1. The zero-order valence-corrected chi connectivity index (χ0v) is 21.6. The van der Waals surface area contributed by atoms with Gasteiger partial charge in [-0.05, 0) is 35.4 Å². The SMILES string of the molecule is Oc1cc(O)c2c(c1)OC(c1ccc(O)c(O)c1)[C@@H](O)[C@@H]2c1c(O)cc(O)c2c1O[C@H](c1ccc(O)c(O)c1)[C@H](O)C2. The molecule has 12 heteroatoms. The van der Waals surface area contributed by atoms with Crippen molar-refractivity contribution in [2.45, 2.75) is 36.8 Å². The molecule has 2 aliphatic rings. The van der Waals surface area contributed by atoms with Gasteiger partial charge in [-0.3, -0.25) is 0 Å². The van der Waals surface area contributed by atoms with Crippen molar-refractivity contribution in [3.05, 3.63) is 82.4 Å². The molecule has 0 aliphatic carbocycles. The minimum atomic E-state index is -1.59. The molecule has 0 saturated carbocycles. The molecule has 0 amide bonds. The van der Waals surface area contributed by atoms with E-state index in [9.17, 15) is 51.1 Å². The lowest BCUT2D eigenvalue weighted by molar-refractivity contribution is 0.00115. The summed E-state index contributed by atoms with van der Waals surface area (Å²) in [7, 11) is 0. The summed E-state index contributed by atoms with van der Waals surface area (Å²) in [6.07, 6.45) is -5.43. The van der Waals surface area contributed by atoms with Gasteiger partial charge in [0.2, 0.25) is 0 Å². The van der Waals surface area contributed by atoms with Crippen LogP contribution in [0.3, 0.4) is 0 Å². The molecule has 4 aromatic rings. The quantitative estimate of drug-likeness (QED) is 0.159. The lowest BCUT2D eigenvalue weighted by Gasteiger charge is -2.40. The number of rotatable bonds is 3. The van der Waals surface area contributed by atoms with Crippen LogP contribution in [-0.2, 0) is 6.42 Å². The number of aliphatic hydroxyl groups excluding tert-OH is 2. The largest absolute Gasteiger partial charge is 0.508 e. The Bertz CT molecular complexity index is 1720. The highest BCUT2D eigenvalue weighted by Crippen LogP contribution is 2.57. The third-order valence-corrected chi connectivity index (χ3v) is 7.67. The average Bonchev–Trinajstić information content (AvgIpc) is 2.93. The summed E-state index contributed by atoms with van der Waals surface area (Å²) in [6.45, 7) is 0. The highest BCUT2D eigenvalue weighted by molar-refractivity contribution is 5.65. The second kappa shape index (κ2) is 9.72. The topological polar surface area (TPSA) is 221 Å². The van der Waals surface area contributed by atoms with Gasteiger partial charge in [0.05, 0.1) is 12.0 Å². The van der Waals surface area contributed by atoms with Crippen LogP contribution < -0.4 is 9.47 Å². The van der Waals surface area contributed by atoms with Crippen LogP contribution in [0, 0.1) is 0 Å². The standard InChI is InChI=1S/C30H26O12/c31-13-7-20(37)24-23(8-13)41-29(12-2-4-16(33)19(36)6-12)27(40)26(24)25-21(38)10-17(34)14-9-22(39)28(42-30(14)25)11-1-3-15(32)18(35)5-11/h1-8,10,22,26-29,31-40H,9H2/t22-,26+,27+,28-,29?/m1/s1. The van der Waals surface area contributed by atoms with Crippen LogP contribution in [0.4, 0.5) is 0 Å². The molecule has 0 spiro atoms. The van der Waals surface area contributed by atoms with E-state index in [1.54, 1.807) is 0 Å². The maximum absolute atomic E-state index is 11.8. The zero-order valence-electron chi connectivity index (χ0n) is 21.6. The predicted molar refractivity (Wildman–Crippen MR) is 143 cm³/mol. The molecule has 12 nitrogen and oxygen atoms in total. The van der Waals surface area contributed by atoms with E-state index in [1.165, 1.54) is 42.5 Å². The average molecular weight is 579 g/mol. The van der Waals surface area contributed by atoms with E-state index in [0.29, 0.717) is 0 Å².